The highest BCUT2D eigenvalue weighted by molar-refractivity contribution is 5.83. The monoisotopic (exact) mass is 362 g/mol. The predicted octanol–water partition coefficient (Wildman–Crippen LogP) is 3.46. The molecule has 3 N–H and O–H groups in total. The maximum atomic E-state index is 12.2. The highest BCUT2D eigenvalue weighted by atomic mass is 16.2. The largest absolute Gasteiger partial charge is 0.366 e. The van der Waals surface area contributed by atoms with Gasteiger partial charge in [-0.05, 0) is 43.0 Å². The van der Waals surface area contributed by atoms with Gasteiger partial charge in [0.2, 0.25) is 0 Å². The van der Waals surface area contributed by atoms with Crippen LogP contribution in [0.3, 0.4) is 0 Å². The van der Waals surface area contributed by atoms with Gasteiger partial charge < -0.3 is 20.5 Å². The summed E-state index contributed by atoms with van der Waals surface area (Å²) >= 11 is 0. The standard InChI is InChI=1S/C22H26N4O/c1-16(26-13-11-17-6-2-5-9-21(17)26)14-25-22(27)23-12-10-18-15-24-20-8-4-3-7-19(18)20/h2-9,15-16,24H,10-14H2,1H3,(H2,23,25,27). The molecule has 2 heterocycles. The first-order valence-corrected chi connectivity index (χ1v) is 9.63. The highest BCUT2D eigenvalue weighted by Crippen LogP contribution is 2.28. The number of para-hydroxylation sites is 2. The first-order valence-electron chi connectivity index (χ1n) is 9.63. The van der Waals surface area contributed by atoms with Crippen molar-refractivity contribution in [3.05, 3.63) is 65.9 Å². The summed E-state index contributed by atoms with van der Waals surface area (Å²) in [6.07, 6.45) is 3.92. The van der Waals surface area contributed by atoms with Crippen molar-refractivity contribution in [2.75, 3.05) is 24.5 Å². The second kappa shape index (κ2) is 7.74. The van der Waals surface area contributed by atoms with Crippen LogP contribution in [0, 0.1) is 0 Å². The van der Waals surface area contributed by atoms with Crippen molar-refractivity contribution < 1.29 is 4.79 Å². The van der Waals surface area contributed by atoms with Gasteiger partial charge >= 0.3 is 6.03 Å². The summed E-state index contributed by atoms with van der Waals surface area (Å²) in [6.45, 7) is 4.43. The zero-order chi connectivity index (χ0) is 18.6. The van der Waals surface area contributed by atoms with Crippen molar-refractivity contribution >= 4 is 22.6 Å². The van der Waals surface area contributed by atoms with Crippen LogP contribution in [0.2, 0.25) is 0 Å². The summed E-state index contributed by atoms with van der Waals surface area (Å²) in [4.78, 5) is 17.8. The smallest absolute Gasteiger partial charge is 0.314 e. The lowest BCUT2D eigenvalue weighted by Crippen LogP contribution is -2.45. The number of amides is 2. The van der Waals surface area contributed by atoms with E-state index in [1.807, 2.05) is 18.3 Å². The van der Waals surface area contributed by atoms with E-state index in [0.29, 0.717) is 13.1 Å². The quantitative estimate of drug-likeness (QED) is 0.629. The molecule has 0 bridgehead atoms. The molecule has 5 nitrogen and oxygen atoms in total. The van der Waals surface area contributed by atoms with Crippen molar-refractivity contribution in [1.29, 1.82) is 0 Å². The molecule has 1 aliphatic rings. The fourth-order valence-corrected chi connectivity index (χ4v) is 3.88. The maximum Gasteiger partial charge on any atom is 0.314 e. The molecule has 0 spiro atoms. The number of aromatic nitrogens is 1. The predicted molar refractivity (Wildman–Crippen MR) is 110 cm³/mol. The summed E-state index contributed by atoms with van der Waals surface area (Å²) in [5.74, 6) is 0. The molecule has 140 valence electrons. The summed E-state index contributed by atoms with van der Waals surface area (Å²) in [5, 5.41) is 7.20. The number of H-pyrrole nitrogens is 1. The average molecular weight is 362 g/mol. The number of benzene rings is 2. The molecule has 27 heavy (non-hydrogen) atoms. The second-order valence-electron chi connectivity index (χ2n) is 7.17. The molecule has 2 aromatic carbocycles. The van der Waals surface area contributed by atoms with Crippen LogP contribution in [-0.2, 0) is 12.8 Å². The number of nitrogens with zero attached hydrogens (tertiary/aromatic N) is 1. The van der Waals surface area contributed by atoms with E-state index in [-0.39, 0.29) is 12.1 Å². The van der Waals surface area contributed by atoms with Gasteiger partial charge in [0.05, 0.1) is 0 Å². The highest BCUT2D eigenvalue weighted by Gasteiger charge is 2.22. The van der Waals surface area contributed by atoms with Crippen LogP contribution in [0.15, 0.2) is 54.7 Å². The number of hydrogen-bond acceptors (Lipinski definition) is 2. The SMILES string of the molecule is CC(CNC(=O)NCCc1c[nH]c2ccccc12)N1CCc2ccccc21. The van der Waals surface area contributed by atoms with Gasteiger partial charge in [-0.1, -0.05) is 36.4 Å². The number of carbonyl (C=O) groups is 1. The molecule has 0 saturated heterocycles. The first kappa shape index (κ1) is 17.5. The molecular weight excluding hydrogens is 336 g/mol. The minimum atomic E-state index is -0.103. The van der Waals surface area contributed by atoms with Gasteiger partial charge in [0.1, 0.15) is 0 Å². The Morgan fingerprint density at radius 3 is 2.89 bits per heavy atom. The van der Waals surface area contributed by atoms with Crippen LogP contribution >= 0.6 is 0 Å². The van der Waals surface area contributed by atoms with Gasteiger partial charge in [-0.15, -0.1) is 0 Å². The Morgan fingerprint density at radius 1 is 1.15 bits per heavy atom. The summed E-state index contributed by atoms with van der Waals surface area (Å²) < 4.78 is 0. The minimum absolute atomic E-state index is 0.103. The van der Waals surface area contributed by atoms with Crippen LogP contribution < -0.4 is 15.5 Å². The van der Waals surface area contributed by atoms with E-state index in [1.165, 1.54) is 22.2 Å². The fraction of sp³-hybridized carbons (Fsp3) is 0.318. The van der Waals surface area contributed by atoms with Crippen LogP contribution in [0.5, 0.6) is 0 Å². The summed E-state index contributed by atoms with van der Waals surface area (Å²) in [5.41, 5.74) is 5.06. The number of hydrogen-bond donors (Lipinski definition) is 3. The molecule has 1 aliphatic heterocycles. The van der Waals surface area contributed by atoms with E-state index >= 15 is 0 Å². The van der Waals surface area contributed by atoms with Crippen LogP contribution in [0.25, 0.3) is 10.9 Å². The molecule has 0 saturated carbocycles. The van der Waals surface area contributed by atoms with Gasteiger partial charge in [-0.25, -0.2) is 4.79 Å². The van der Waals surface area contributed by atoms with Crippen molar-refractivity contribution in [2.45, 2.75) is 25.8 Å². The third-order valence-electron chi connectivity index (χ3n) is 5.37. The number of aromatic amines is 1. The molecule has 0 aliphatic carbocycles. The summed E-state index contributed by atoms with van der Waals surface area (Å²) in [7, 11) is 0. The Hall–Kier alpha value is -2.95. The molecule has 4 rings (SSSR count). The normalized spacial score (nSPS) is 14.2. The molecule has 0 fully saturated rings. The van der Waals surface area contributed by atoms with Gasteiger partial charge in [-0.2, -0.15) is 0 Å². The lowest BCUT2D eigenvalue weighted by molar-refractivity contribution is 0.240. The van der Waals surface area contributed by atoms with E-state index in [9.17, 15) is 4.79 Å². The lowest BCUT2D eigenvalue weighted by atomic mass is 10.1. The average Bonchev–Trinajstić information content (AvgIpc) is 3.31. The molecular formula is C22H26N4O. The van der Waals surface area contributed by atoms with E-state index in [2.05, 4.69) is 63.8 Å². The van der Waals surface area contributed by atoms with E-state index in [0.717, 1.165) is 24.9 Å². The van der Waals surface area contributed by atoms with E-state index in [4.69, 9.17) is 0 Å². The van der Waals surface area contributed by atoms with Gasteiger partial charge in [0, 0.05) is 48.5 Å². The first-order chi connectivity index (χ1) is 13.2. The van der Waals surface area contributed by atoms with Crippen LogP contribution in [-0.4, -0.2) is 36.7 Å². The van der Waals surface area contributed by atoms with Crippen molar-refractivity contribution in [3.8, 4) is 0 Å². The van der Waals surface area contributed by atoms with Crippen molar-refractivity contribution in [1.82, 2.24) is 15.6 Å². The lowest BCUT2D eigenvalue weighted by Gasteiger charge is -2.27. The Kier molecular flexibility index (Phi) is 5.01. The number of nitrogens with one attached hydrogen (secondary N) is 3. The minimum Gasteiger partial charge on any atom is -0.366 e. The molecule has 0 radical (unpaired) electrons. The van der Waals surface area contributed by atoms with Crippen LogP contribution in [0.1, 0.15) is 18.1 Å². The number of rotatable bonds is 6. The number of urea groups is 1. The number of carbonyl (C=O) groups excluding carboxylic acids is 1. The van der Waals surface area contributed by atoms with Crippen LogP contribution in [0.4, 0.5) is 10.5 Å². The number of anilines is 1. The van der Waals surface area contributed by atoms with Gasteiger partial charge in [0.15, 0.2) is 0 Å². The van der Waals surface area contributed by atoms with Gasteiger partial charge in [-0.3, -0.25) is 0 Å². The molecule has 1 atom stereocenters. The van der Waals surface area contributed by atoms with Crippen molar-refractivity contribution in [2.24, 2.45) is 0 Å². The Labute approximate surface area is 159 Å². The Balaban J connectivity index is 1.23. The second-order valence-corrected chi connectivity index (χ2v) is 7.17. The zero-order valence-electron chi connectivity index (χ0n) is 15.7. The summed E-state index contributed by atoms with van der Waals surface area (Å²) in [6, 6.07) is 16.9. The van der Waals surface area contributed by atoms with E-state index < -0.39 is 0 Å². The van der Waals surface area contributed by atoms with Gasteiger partial charge in [0.25, 0.3) is 0 Å². The molecule has 2 amide bonds. The molecule has 3 aromatic rings. The maximum absolute atomic E-state index is 12.2. The zero-order valence-corrected chi connectivity index (χ0v) is 15.7. The third-order valence-corrected chi connectivity index (χ3v) is 5.37. The topological polar surface area (TPSA) is 60.2 Å². The Morgan fingerprint density at radius 2 is 1.96 bits per heavy atom. The fourth-order valence-electron chi connectivity index (χ4n) is 3.88. The number of fused-ring (bicyclic) bond motifs is 2. The van der Waals surface area contributed by atoms with E-state index in [1.54, 1.807) is 0 Å². The third kappa shape index (κ3) is 3.77. The molecule has 1 unspecified atom stereocenters. The molecule has 1 aromatic heterocycles. The Bertz CT molecular complexity index is 933. The molecule has 5 heteroatoms. The van der Waals surface area contributed by atoms with Crippen molar-refractivity contribution in [3.63, 3.8) is 0 Å².